The normalized spacial score (nSPS) is 22.7. The maximum absolute atomic E-state index is 12.7. The fraction of sp³-hybridized carbons (Fsp3) is 0.381. The SMILES string of the molecule is Cc1ccc2nc(CN3C(=O)C[C@H]4[C@@H]3CCN4Cc3ccccn3)cn2c1. The number of hydrogen-bond donors (Lipinski definition) is 0. The van der Waals surface area contributed by atoms with E-state index in [1.54, 1.807) is 0 Å². The molecule has 2 fully saturated rings. The van der Waals surface area contributed by atoms with E-state index in [9.17, 15) is 4.79 Å². The number of pyridine rings is 2. The van der Waals surface area contributed by atoms with E-state index >= 15 is 0 Å². The summed E-state index contributed by atoms with van der Waals surface area (Å²) in [5, 5.41) is 0. The molecular formula is C21H23N5O. The van der Waals surface area contributed by atoms with Crippen molar-refractivity contribution in [3.05, 3.63) is 65.9 Å². The van der Waals surface area contributed by atoms with Gasteiger partial charge in [-0.2, -0.15) is 0 Å². The molecule has 3 aromatic heterocycles. The van der Waals surface area contributed by atoms with Gasteiger partial charge in [0, 0.05) is 50.2 Å². The first-order chi connectivity index (χ1) is 13.2. The van der Waals surface area contributed by atoms with Gasteiger partial charge in [0.2, 0.25) is 5.91 Å². The lowest BCUT2D eigenvalue weighted by Crippen LogP contribution is -2.36. The molecule has 0 aromatic carbocycles. The molecule has 3 aromatic rings. The van der Waals surface area contributed by atoms with E-state index in [2.05, 4.69) is 35.1 Å². The summed E-state index contributed by atoms with van der Waals surface area (Å²) < 4.78 is 2.05. The van der Waals surface area contributed by atoms with Crippen LogP contribution in [0.3, 0.4) is 0 Å². The predicted molar refractivity (Wildman–Crippen MR) is 102 cm³/mol. The predicted octanol–water partition coefficient (Wildman–Crippen LogP) is 2.41. The molecule has 1 amide bonds. The Morgan fingerprint density at radius 1 is 1.07 bits per heavy atom. The maximum Gasteiger partial charge on any atom is 0.224 e. The highest BCUT2D eigenvalue weighted by Gasteiger charge is 2.46. The highest BCUT2D eigenvalue weighted by atomic mass is 16.2. The molecule has 0 radical (unpaired) electrons. The highest BCUT2D eigenvalue weighted by molar-refractivity contribution is 5.80. The minimum Gasteiger partial charge on any atom is -0.332 e. The Morgan fingerprint density at radius 2 is 2.00 bits per heavy atom. The van der Waals surface area contributed by atoms with Crippen LogP contribution in [0.2, 0.25) is 0 Å². The average Bonchev–Trinajstić information content (AvgIpc) is 3.32. The first-order valence-corrected chi connectivity index (χ1v) is 9.55. The second-order valence-electron chi connectivity index (χ2n) is 7.64. The lowest BCUT2D eigenvalue weighted by Gasteiger charge is -2.24. The van der Waals surface area contributed by atoms with Gasteiger partial charge in [-0.15, -0.1) is 0 Å². The summed E-state index contributed by atoms with van der Waals surface area (Å²) in [6, 6.07) is 10.7. The van der Waals surface area contributed by atoms with Crippen LogP contribution in [0.25, 0.3) is 5.65 Å². The minimum atomic E-state index is 0.240. The molecule has 0 saturated carbocycles. The summed E-state index contributed by atoms with van der Waals surface area (Å²) in [6.07, 6.45) is 7.58. The number of imidazole rings is 1. The zero-order chi connectivity index (χ0) is 18.4. The van der Waals surface area contributed by atoms with Gasteiger partial charge in [0.25, 0.3) is 0 Å². The summed E-state index contributed by atoms with van der Waals surface area (Å²) in [5.74, 6) is 0.240. The number of aromatic nitrogens is 3. The third kappa shape index (κ3) is 3.00. The van der Waals surface area contributed by atoms with Crippen LogP contribution < -0.4 is 0 Å². The van der Waals surface area contributed by atoms with Crippen LogP contribution in [0, 0.1) is 6.92 Å². The third-order valence-electron chi connectivity index (χ3n) is 5.80. The molecule has 138 valence electrons. The fourth-order valence-corrected chi connectivity index (χ4v) is 4.52. The van der Waals surface area contributed by atoms with Gasteiger partial charge in [-0.05, 0) is 37.1 Å². The first kappa shape index (κ1) is 16.4. The Labute approximate surface area is 158 Å². The van der Waals surface area contributed by atoms with Gasteiger partial charge in [-0.25, -0.2) is 4.98 Å². The van der Waals surface area contributed by atoms with E-state index in [0.717, 1.165) is 36.5 Å². The van der Waals surface area contributed by atoms with Gasteiger partial charge < -0.3 is 9.30 Å². The zero-order valence-corrected chi connectivity index (χ0v) is 15.5. The molecule has 2 aliphatic heterocycles. The van der Waals surface area contributed by atoms with Crippen molar-refractivity contribution in [1.82, 2.24) is 24.2 Å². The van der Waals surface area contributed by atoms with Crippen LogP contribution >= 0.6 is 0 Å². The van der Waals surface area contributed by atoms with E-state index in [-0.39, 0.29) is 11.9 Å². The molecular weight excluding hydrogens is 338 g/mol. The standard InChI is InChI=1S/C21H23N5O/c1-15-5-6-20-23-17(13-25(20)11-15)14-26-18-7-9-24(19(18)10-21(26)27)12-16-4-2-3-8-22-16/h2-6,8,11,13,18-19H,7,9-10,12,14H2,1H3/t18-,19-/m0/s1. The number of carbonyl (C=O) groups excluding carboxylic acids is 1. The van der Waals surface area contributed by atoms with Gasteiger partial charge in [0.05, 0.1) is 17.9 Å². The topological polar surface area (TPSA) is 53.7 Å². The van der Waals surface area contributed by atoms with Crippen molar-refractivity contribution in [3.63, 3.8) is 0 Å². The number of hydrogen-bond acceptors (Lipinski definition) is 4. The number of fused-ring (bicyclic) bond motifs is 2. The summed E-state index contributed by atoms with van der Waals surface area (Å²) in [6.45, 7) is 4.50. The van der Waals surface area contributed by atoms with Gasteiger partial charge in [-0.3, -0.25) is 14.7 Å². The molecule has 2 saturated heterocycles. The summed E-state index contributed by atoms with van der Waals surface area (Å²) in [5.41, 5.74) is 4.16. The van der Waals surface area contributed by atoms with Crippen LogP contribution in [0.5, 0.6) is 0 Å². The molecule has 0 N–H and O–H groups in total. The van der Waals surface area contributed by atoms with Crippen molar-refractivity contribution in [2.24, 2.45) is 0 Å². The molecule has 0 unspecified atom stereocenters. The lowest BCUT2D eigenvalue weighted by atomic mass is 10.1. The van der Waals surface area contributed by atoms with Crippen molar-refractivity contribution in [3.8, 4) is 0 Å². The first-order valence-electron chi connectivity index (χ1n) is 9.55. The molecule has 6 nitrogen and oxygen atoms in total. The Balaban J connectivity index is 1.33. The number of aryl methyl sites for hydroxylation is 1. The van der Waals surface area contributed by atoms with Gasteiger partial charge in [0.1, 0.15) is 5.65 Å². The second-order valence-corrected chi connectivity index (χ2v) is 7.64. The van der Waals surface area contributed by atoms with Gasteiger partial charge in [-0.1, -0.05) is 12.1 Å². The number of amides is 1. The van der Waals surface area contributed by atoms with Crippen LogP contribution in [0.4, 0.5) is 0 Å². The highest BCUT2D eigenvalue weighted by Crippen LogP contribution is 2.34. The Kier molecular flexibility index (Phi) is 3.93. The minimum absolute atomic E-state index is 0.240. The van der Waals surface area contributed by atoms with Crippen molar-refractivity contribution < 1.29 is 4.79 Å². The van der Waals surface area contributed by atoms with E-state index in [1.165, 1.54) is 5.56 Å². The Hall–Kier alpha value is -2.73. The van der Waals surface area contributed by atoms with E-state index in [0.29, 0.717) is 19.0 Å². The van der Waals surface area contributed by atoms with Crippen molar-refractivity contribution in [2.75, 3.05) is 6.54 Å². The quantitative estimate of drug-likeness (QED) is 0.716. The Bertz CT molecular complexity index is 983. The van der Waals surface area contributed by atoms with Crippen LogP contribution in [-0.2, 0) is 17.9 Å². The van der Waals surface area contributed by atoms with Crippen molar-refractivity contribution in [1.29, 1.82) is 0 Å². The number of carbonyl (C=O) groups is 1. The molecule has 6 heteroatoms. The lowest BCUT2D eigenvalue weighted by molar-refractivity contribution is -0.129. The monoisotopic (exact) mass is 361 g/mol. The number of nitrogens with zero attached hydrogens (tertiary/aromatic N) is 5. The molecule has 0 bridgehead atoms. The van der Waals surface area contributed by atoms with Gasteiger partial charge in [0.15, 0.2) is 0 Å². The van der Waals surface area contributed by atoms with E-state index in [1.807, 2.05) is 39.9 Å². The van der Waals surface area contributed by atoms with Gasteiger partial charge >= 0.3 is 0 Å². The fourth-order valence-electron chi connectivity index (χ4n) is 4.52. The van der Waals surface area contributed by atoms with Crippen molar-refractivity contribution >= 4 is 11.6 Å². The molecule has 0 spiro atoms. The maximum atomic E-state index is 12.7. The zero-order valence-electron chi connectivity index (χ0n) is 15.5. The molecule has 5 heterocycles. The van der Waals surface area contributed by atoms with E-state index < -0.39 is 0 Å². The summed E-state index contributed by atoms with van der Waals surface area (Å²) >= 11 is 0. The Morgan fingerprint density at radius 3 is 2.85 bits per heavy atom. The number of rotatable bonds is 4. The largest absolute Gasteiger partial charge is 0.332 e. The summed E-state index contributed by atoms with van der Waals surface area (Å²) in [7, 11) is 0. The molecule has 2 atom stereocenters. The average molecular weight is 361 g/mol. The second kappa shape index (κ2) is 6.46. The van der Waals surface area contributed by atoms with Crippen LogP contribution in [0.1, 0.15) is 29.8 Å². The number of likely N-dealkylation sites (tertiary alicyclic amines) is 2. The van der Waals surface area contributed by atoms with Crippen molar-refractivity contribution in [2.45, 2.75) is 44.9 Å². The third-order valence-corrected chi connectivity index (χ3v) is 5.80. The molecule has 0 aliphatic carbocycles. The van der Waals surface area contributed by atoms with Crippen LogP contribution in [0.15, 0.2) is 48.9 Å². The molecule has 27 heavy (non-hydrogen) atoms. The summed E-state index contributed by atoms with van der Waals surface area (Å²) in [4.78, 5) is 26.3. The smallest absolute Gasteiger partial charge is 0.224 e. The molecule has 2 aliphatic rings. The van der Waals surface area contributed by atoms with Crippen LogP contribution in [-0.4, -0.2) is 48.7 Å². The van der Waals surface area contributed by atoms with E-state index in [4.69, 9.17) is 4.98 Å². The molecule has 5 rings (SSSR count).